The zero-order valence-corrected chi connectivity index (χ0v) is 28.7. The summed E-state index contributed by atoms with van der Waals surface area (Å²) in [5.74, 6) is 2.90. The van der Waals surface area contributed by atoms with E-state index in [1.807, 2.05) is 48.5 Å². The lowest BCUT2D eigenvalue weighted by Gasteiger charge is -2.29. The summed E-state index contributed by atoms with van der Waals surface area (Å²) in [6.07, 6.45) is 14.0. The predicted octanol–water partition coefficient (Wildman–Crippen LogP) is 12.2. The molecule has 0 aromatic heterocycles. The van der Waals surface area contributed by atoms with Crippen molar-refractivity contribution in [2.45, 2.75) is 76.0 Å². The number of ether oxygens (including phenoxy) is 3. The van der Waals surface area contributed by atoms with Crippen LogP contribution in [0.4, 0.5) is 8.78 Å². The topological polar surface area (TPSA) is 61.8 Å². The van der Waals surface area contributed by atoms with Gasteiger partial charge in [0.1, 0.15) is 23.0 Å². The molecular formula is C44H44F2O5. The molecule has 7 heteroatoms. The fraction of sp³-hybridized carbons (Fsp3) is 0.318. The molecule has 0 unspecified atom stereocenters. The standard InChI is InChI=1S/C44H44F2O5/c45-29-5-7-31-13-17-33(18-14-31)39-9-1-3-11-41(39)50-43(47)35-21-25-37(26-22-35)49-38-27-23-36(24-28-38)44(48)51-42-12-4-2-10-40(42)34-19-15-32(16-20-34)8-6-30-46/h1-6,9-12,21-34H,7-8,13-20H2. The van der Waals surface area contributed by atoms with Crippen LogP contribution in [-0.4, -0.2) is 11.9 Å². The zero-order valence-electron chi connectivity index (χ0n) is 28.7. The molecule has 0 bridgehead atoms. The van der Waals surface area contributed by atoms with Crippen molar-refractivity contribution in [1.29, 1.82) is 0 Å². The predicted molar refractivity (Wildman–Crippen MR) is 195 cm³/mol. The molecule has 2 aliphatic rings. The van der Waals surface area contributed by atoms with Crippen molar-refractivity contribution in [1.82, 2.24) is 0 Å². The highest BCUT2D eigenvalue weighted by molar-refractivity contribution is 5.92. The molecule has 51 heavy (non-hydrogen) atoms. The first-order chi connectivity index (χ1) is 25.0. The third-order valence-corrected chi connectivity index (χ3v) is 10.3. The number of allylic oxidation sites excluding steroid dienone is 2. The molecule has 0 N–H and O–H groups in total. The smallest absolute Gasteiger partial charge is 0.343 e. The third kappa shape index (κ3) is 9.60. The largest absolute Gasteiger partial charge is 0.457 e. The Morgan fingerprint density at radius 3 is 1.27 bits per heavy atom. The second kappa shape index (κ2) is 17.8. The average molecular weight is 691 g/mol. The summed E-state index contributed by atoms with van der Waals surface area (Å²) in [4.78, 5) is 26.2. The van der Waals surface area contributed by atoms with E-state index in [1.54, 1.807) is 60.7 Å². The van der Waals surface area contributed by atoms with E-state index in [1.165, 1.54) is 0 Å². The van der Waals surface area contributed by atoms with Crippen LogP contribution in [0.2, 0.25) is 0 Å². The minimum atomic E-state index is -0.445. The molecule has 0 aliphatic heterocycles. The zero-order chi connectivity index (χ0) is 35.4. The number of hydrogen-bond donors (Lipinski definition) is 0. The van der Waals surface area contributed by atoms with E-state index in [0.717, 1.165) is 75.3 Å². The summed E-state index contributed by atoms with van der Waals surface area (Å²) in [5.41, 5.74) is 2.87. The van der Waals surface area contributed by atoms with Crippen LogP contribution >= 0.6 is 0 Å². The normalized spacial score (nSPS) is 20.7. The molecule has 6 rings (SSSR count). The lowest BCUT2D eigenvalue weighted by Crippen LogP contribution is -2.15. The fourth-order valence-corrected chi connectivity index (χ4v) is 7.50. The van der Waals surface area contributed by atoms with E-state index in [-0.39, 0.29) is 0 Å². The molecule has 0 saturated heterocycles. The molecular weight excluding hydrogens is 646 g/mol. The van der Waals surface area contributed by atoms with Crippen molar-refractivity contribution in [2.24, 2.45) is 11.8 Å². The monoisotopic (exact) mass is 690 g/mol. The van der Waals surface area contributed by atoms with E-state index in [9.17, 15) is 18.4 Å². The highest BCUT2D eigenvalue weighted by Gasteiger charge is 2.26. The van der Waals surface area contributed by atoms with Crippen LogP contribution in [0.15, 0.2) is 122 Å². The second-order valence-corrected chi connectivity index (χ2v) is 13.6. The van der Waals surface area contributed by atoms with Crippen LogP contribution < -0.4 is 14.2 Å². The molecule has 0 heterocycles. The Morgan fingerprint density at radius 1 is 0.529 bits per heavy atom. The number of para-hydroxylation sites is 2. The summed E-state index contributed by atoms with van der Waals surface area (Å²) >= 11 is 0. The van der Waals surface area contributed by atoms with Gasteiger partial charge in [0.2, 0.25) is 0 Å². The Bertz CT molecular complexity index is 1670. The Morgan fingerprint density at radius 2 is 0.902 bits per heavy atom. The van der Waals surface area contributed by atoms with E-state index in [0.29, 0.717) is 70.5 Å². The van der Waals surface area contributed by atoms with Crippen molar-refractivity contribution in [3.63, 3.8) is 0 Å². The third-order valence-electron chi connectivity index (χ3n) is 10.3. The highest BCUT2D eigenvalue weighted by atomic mass is 19.1. The van der Waals surface area contributed by atoms with E-state index < -0.39 is 11.9 Å². The van der Waals surface area contributed by atoms with E-state index >= 15 is 0 Å². The van der Waals surface area contributed by atoms with Gasteiger partial charge in [-0.25, -0.2) is 18.4 Å². The first kappa shape index (κ1) is 35.8. The lowest BCUT2D eigenvalue weighted by molar-refractivity contribution is 0.0722. The van der Waals surface area contributed by atoms with E-state index in [2.05, 4.69) is 0 Å². The molecule has 0 radical (unpaired) electrons. The van der Waals surface area contributed by atoms with Crippen LogP contribution in [0.3, 0.4) is 0 Å². The van der Waals surface area contributed by atoms with Gasteiger partial charge in [-0.1, -0.05) is 48.6 Å². The van der Waals surface area contributed by atoms with Crippen molar-refractivity contribution >= 4 is 11.9 Å². The molecule has 4 aromatic rings. The molecule has 0 spiro atoms. The second-order valence-electron chi connectivity index (χ2n) is 13.6. The maximum atomic E-state index is 13.1. The van der Waals surface area contributed by atoms with Crippen molar-refractivity contribution in [3.8, 4) is 23.0 Å². The van der Waals surface area contributed by atoms with Crippen molar-refractivity contribution < 1.29 is 32.6 Å². The summed E-state index contributed by atoms with van der Waals surface area (Å²) in [6, 6.07) is 28.9. The Kier molecular flexibility index (Phi) is 12.5. The molecule has 4 aromatic carbocycles. The first-order valence-electron chi connectivity index (χ1n) is 18.0. The Labute approximate surface area is 299 Å². The van der Waals surface area contributed by atoms with Gasteiger partial charge in [-0.05, 0) is 160 Å². The van der Waals surface area contributed by atoms with Gasteiger partial charge in [0.15, 0.2) is 0 Å². The number of carbonyl (C=O) groups is 2. The van der Waals surface area contributed by atoms with E-state index in [4.69, 9.17) is 14.2 Å². The summed E-state index contributed by atoms with van der Waals surface area (Å²) < 4.78 is 42.6. The van der Waals surface area contributed by atoms with Crippen LogP contribution in [-0.2, 0) is 0 Å². The molecule has 0 atom stereocenters. The van der Waals surface area contributed by atoms with Crippen LogP contribution in [0.5, 0.6) is 23.0 Å². The van der Waals surface area contributed by atoms with Gasteiger partial charge < -0.3 is 14.2 Å². The van der Waals surface area contributed by atoms with Crippen molar-refractivity contribution in [2.75, 3.05) is 0 Å². The molecule has 264 valence electrons. The number of benzene rings is 4. The summed E-state index contributed by atoms with van der Waals surface area (Å²) in [5, 5.41) is 0. The summed E-state index contributed by atoms with van der Waals surface area (Å²) in [7, 11) is 0. The number of rotatable bonds is 12. The minimum Gasteiger partial charge on any atom is -0.457 e. The quantitative estimate of drug-likeness (QED) is 0.109. The molecule has 2 fully saturated rings. The molecule has 2 aliphatic carbocycles. The Hall–Kier alpha value is -5.04. The van der Waals surface area contributed by atoms with Gasteiger partial charge >= 0.3 is 11.9 Å². The van der Waals surface area contributed by atoms with Gasteiger partial charge in [-0.2, -0.15) is 0 Å². The van der Waals surface area contributed by atoms with Gasteiger partial charge in [0.05, 0.1) is 23.8 Å². The molecule has 5 nitrogen and oxygen atoms in total. The summed E-state index contributed by atoms with van der Waals surface area (Å²) in [6.45, 7) is 0. The first-order valence-corrected chi connectivity index (χ1v) is 18.0. The molecule has 2 saturated carbocycles. The number of hydrogen-bond acceptors (Lipinski definition) is 5. The number of carbonyl (C=O) groups excluding carboxylic acids is 2. The minimum absolute atomic E-state index is 0.299. The fourth-order valence-electron chi connectivity index (χ4n) is 7.50. The average Bonchev–Trinajstić information content (AvgIpc) is 3.18. The van der Waals surface area contributed by atoms with Gasteiger partial charge in [0, 0.05) is 0 Å². The lowest BCUT2D eigenvalue weighted by atomic mass is 9.77. The Balaban J connectivity index is 1.02. The van der Waals surface area contributed by atoms with Crippen molar-refractivity contribution in [3.05, 3.63) is 144 Å². The number of halogens is 2. The van der Waals surface area contributed by atoms with Crippen LogP contribution in [0, 0.1) is 11.8 Å². The van der Waals surface area contributed by atoms with Gasteiger partial charge in [0.25, 0.3) is 0 Å². The SMILES string of the molecule is O=C(Oc1ccccc1C1CCC(CC=CF)CC1)c1ccc(Oc2ccc(C(=O)Oc3ccccc3C3CCC(CC=CF)CC3)cc2)cc1. The maximum absolute atomic E-state index is 13.1. The van der Waals surface area contributed by atoms with Crippen LogP contribution in [0.25, 0.3) is 0 Å². The maximum Gasteiger partial charge on any atom is 0.343 e. The van der Waals surface area contributed by atoms with Gasteiger partial charge in [-0.15, -0.1) is 0 Å². The molecule has 0 amide bonds. The highest BCUT2D eigenvalue weighted by Crippen LogP contribution is 2.42. The number of esters is 2. The van der Waals surface area contributed by atoms with Crippen LogP contribution in [0.1, 0.15) is 108 Å². The van der Waals surface area contributed by atoms with Gasteiger partial charge in [-0.3, -0.25) is 0 Å².